The van der Waals surface area contributed by atoms with Gasteiger partial charge < -0.3 is 14.0 Å². The molecule has 0 N–H and O–H groups in total. The van der Waals surface area contributed by atoms with E-state index in [2.05, 4.69) is 69.0 Å². The third kappa shape index (κ3) is 3.90. The summed E-state index contributed by atoms with van der Waals surface area (Å²) in [6, 6.07) is 14.8. The largest absolute Gasteiger partial charge is 0.353 e. The van der Waals surface area contributed by atoms with E-state index in [9.17, 15) is 4.79 Å². The van der Waals surface area contributed by atoms with Crippen molar-refractivity contribution in [3.05, 3.63) is 65.7 Å². The second-order valence-corrected chi connectivity index (χ2v) is 9.21. The summed E-state index contributed by atoms with van der Waals surface area (Å²) < 4.78 is 4.34. The van der Waals surface area contributed by atoms with E-state index in [1.54, 1.807) is 0 Å². The van der Waals surface area contributed by atoms with Crippen molar-refractivity contribution in [1.82, 2.24) is 24.2 Å². The molecule has 2 aliphatic rings. The van der Waals surface area contributed by atoms with E-state index in [1.807, 2.05) is 11.0 Å². The average Bonchev–Trinajstić information content (AvgIpc) is 3.14. The number of nitrogens with zero attached hydrogens (tertiary/aromatic N) is 5. The number of carbonyl (C=O) groups is 1. The quantitative estimate of drug-likeness (QED) is 0.541. The predicted molar refractivity (Wildman–Crippen MR) is 117 cm³/mol. The lowest BCUT2D eigenvalue weighted by atomic mass is 10.1. The van der Waals surface area contributed by atoms with Crippen molar-refractivity contribution >= 4 is 17.7 Å². The highest BCUT2D eigenvalue weighted by atomic mass is 32.2. The molecule has 1 aliphatic heterocycles. The number of likely N-dealkylation sites (tertiary alicyclic amines) is 1. The van der Waals surface area contributed by atoms with Gasteiger partial charge in [-0.3, -0.25) is 4.79 Å². The maximum Gasteiger partial charge on any atom is 0.233 e. The summed E-state index contributed by atoms with van der Waals surface area (Å²) in [5.41, 5.74) is 2.45. The molecule has 6 nitrogen and oxygen atoms in total. The van der Waals surface area contributed by atoms with E-state index >= 15 is 0 Å². The van der Waals surface area contributed by atoms with Gasteiger partial charge in [-0.25, -0.2) is 0 Å². The van der Waals surface area contributed by atoms with Gasteiger partial charge in [0.1, 0.15) is 5.82 Å². The van der Waals surface area contributed by atoms with Gasteiger partial charge in [0, 0.05) is 31.4 Å². The molecule has 5 rings (SSSR count). The van der Waals surface area contributed by atoms with Gasteiger partial charge in [0.15, 0.2) is 5.16 Å². The standard InChI is InChI=1S/C23H27N5OS/c1-26-13-5-9-19(26)20-10-6-14-27(20)21(29)16-30-23-25-24-22(18-11-12-18)28(23)15-17-7-3-2-4-8-17/h2-5,7-9,13,18,20H,6,10-12,14-16H2,1H3. The molecular weight excluding hydrogens is 394 g/mol. The molecule has 0 radical (unpaired) electrons. The van der Waals surface area contributed by atoms with Gasteiger partial charge in [-0.05, 0) is 43.4 Å². The van der Waals surface area contributed by atoms with Crippen LogP contribution in [0.1, 0.15) is 54.7 Å². The first-order chi connectivity index (χ1) is 14.7. The molecule has 30 heavy (non-hydrogen) atoms. The van der Waals surface area contributed by atoms with Crippen LogP contribution < -0.4 is 0 Å². The number of rotatable bonds is 7. The van der Waals surface area contributed by atoms with E-state index in [-0.39, 0.29) is 11.9 Å². The SMILES string of the molecule is Cn1cccc1C1CCCN1C(=O)CSc1nnc(C2CC2)n1Cc1ccccc1. The zero-order valence-electron chi connectivity index (χ0n) is 17.3. The summed E-state index contributed by atoms with van der Waals surface area (Å²) in [4.78, 5) is 15.1. The normalized spacial score (nSPS) is 18.8. The van der Waals surface area contributed by atoms with Gasteiger partial charge in [-0.15, -0.1) is 10.2 Å². The first-order valence-electron chi connectivity index (χ1n) is 10.7. The molecule has 1 unspecified atom stereocenters. The highest BCUT2D eigenvalue weighted by Crippen LogP contribution is 2.40. The first-order valence-corrected chi connectivity index (χ1v) is 11.7. The van der Waals surface area contributed by atoms with E-state index in [1.165, 1.54) is 35.9 Å². The second-order valence-electron chi connectivity index (χ2n) is 8.26. The summed E-state index contributed by atoms with van der Waals surface area (Å²) >= 11 is 1.52. The van der Waals surface area contributed by atoms with E-state index in [0.717, 1.165) is 36.9 Å². The van der Waals surface area contributed by atoms with E-state index in [4.69, 9.17) is 0 Å². The molecule has 1 saturated heterocycles. The summed E-state index contributed by atoms with van der Waals surface area (Å²) in [6.45, 7) is 1.59. The van der Waals surface area contributed by atoms with Gasteiger partial charge in [-0.2, -0.15) is 0 Å². The number of aromatic nitrogens is 4. The minimum absolute atomic E-state index is 0.183. The first kappa shape index (κ1) is 19.4. The predicted octanol–water partition coefficient (Wildman–Crippen LogP) is 4.00. The monoisotopic (exact) mass is 421 g/mol. The maximum absolute atomic E-state index is 13.1. The van der Waals surface area contributed by atoms with Crippen molar-refractivity contribution in [1.29, 1.82) is 0 Å². The fourth-order valence-electron chi connectivity index (χ4n) is 4.37. The van der Waals surface area contributed by atoms with Gasteiger partial charge in [0.2, 0.25) is 5.91 Å². The Morgan fingerprint density at radius 3 is 2.67 bits per heavy atom. The zero-order chi connectivity index (χ0) is 20.5. The Bertz CT molecular complexity index is 1020. The molecule has 3 aromatic rings. The number of hydrogen-bond acceptors (Lipinski definition) is 4. The fourth-order valence-corrected chi connectivity index (χ4v) is 5.20. The van der Waals surface area contributed by atoms with Crippen molar-refractivity contribution in [2.24, 2.45) is 7.05 Å². The topological polar surface area (TPSA) is 56.0 Å². The van der Waals surface area contributed by atoms with E-state index in [0.29, 0.717) is 11.7 Å². The molecule has 3 heterocycles. The zero-order valence-corrected chi connectivity index (χ0v) is 18.1. The van der Waals surface area contributed by atoms with Crippen LogP contribution in [0.15, 0.2) is 53.8 Å². The Hall–Kier alpha value is -2.54. The lowest BCUT2D eigenvalue weighted by Gasteiger charge is -2.25. The van der Waals surface area contributed by atoms with Crippen LogP contribution in [0, 0.1) is 0 Å². The Balaban J connectivity index is 1.30. The minimum Gasteiger partial charge on any atom is -0.353 e. The summed E-state index contributed by atoms with van der Waals surface area (Å²) in [5, 5.41) is 9.79. The fraction of sp³-hybridized carbons (Fsp3) is 0.435. The van der Waals surface area contributed by atoms with Crippen LogP contribution in [0.25, 0.3) is 0 Å². The van der Waals surface area contributed by atoms with Crippen LogP contribution in [0.2, 0.25) is 0 Å². The summed E-state index contributed by atoms with van der Waals surface area (Å²) in [7, 11) is 2.05. The van der Waals surface area contributed by atoms with Crippen LogP contribution in [-0.4, -0.2) is 42.4 Å². The Labute approximate surface area is 181 Å². The van der Waals surface area contributed by atoms with Gasteiger partial charge in [0.05, 0.1) is 18.3 Å². The highest BCUT2D eigenvalue weighted by molar-refractivity contribution is 7.99. The minimum atomic E-state index is 0.183. The van der Waals surface area contributed by atoms with E-state index < -0.39 is 0 Å². The lowest BCUT2D eigenvalue weighted by molar-refractivity contribution is -0.129. The van der Waals surface area contributed by atoms with Crippen molar-refractivity contribution in [3.8, 4) is 0 Å². The van der Waals surface area contributed by atoms with Gasteiger partial charge in [0.25, 0.3) is 0 Å². The number of carbonyl (C=O) groups excluding carboxylic acids is 1. The molecule has 2 aromatic heterocycles. The summed E-state index contributed by atoms with van der Waals surface area (Å²) in [5.74, 6) is 2.17. The van der Waals surface area contributed by atoms with Crippen molar-refractivity contribution in [2.45, 2.75) is 49.3 Å². The molecule has 0 spiro atoms. The van der Waals surface area contributed by atoms with Crippen LogP contribution in [0.5, 0.6) is 0 Å². The second kappa shape index (κ2) is 8.30. The van der Waals surface area contributed by atoms with Crippen molar-refractivity contribution in [2.75, 3.05) is 12.3 Å². The molecule has 0 bridgehead atoms. The lowest BCUT2D eigenvalue weighted by Crippen LogP contribution is -2.32. The summed E-state index contributed by atoms with van der Waals surface area (Å²) in [6.07, 6.45) is 6.51. The number of hydrogen-bond donors (Lipinski definition) is 0. The molecular formula is C23H27N5OS. The van der Waals surface area contributed by atoms with Crippen LogP contribution in [0.4, 0.5) is 0 Å². The molecule has 156 valence electrons. The van der Waals surface area contributed by atoms with Gasteiger partial charge in [-0.1, -0.05) is 42.1 Å². The van der Waals surface area contributed by atoms with Gasteiger partial charge >= 0.3 is 0 Å². The van der Waals surface area contributed by atoms with Crippen LogP contribution in [0.3, 0.4) is 0 Å². The average molecular weight is 422 g/mol. The number of thioether (sulfide) groups is 1. The smallest absolute Gasteiger partial charge is 0.233 e. The third-order valence-corrected chi connectivity index (χ3v) is 7.05. The van der Waals surface area contributed by atoms with Crippen LogP contribution in [-0.2, 0) is 18.4 Å². The van der Waals surface area contributed by atoms with Crippen LogP contribution >= 0.6 is 11.8 Å². The Morgan fingerprint density at radius 2 is 1.93 bits per heavy atom. The molecule has 7 heteroatoms. The molecule has 1 aliphatic carbocycles. The highest BCUT2D eigenvalue weighted by Gasteiger charge is 2.33. The number of benzene rings is 1. The van der Waals surface area contributed by atoms with Crippen molar-refractivity contribution in [3.63, 3.8) is 0 Å². The molecule has 2 fully saturated rings. The Kier molecular flexibility index (Phi) is 5.37. The molecule has 1 atom stereocenters. The Morgan fingerprint density at radius 1 is 1.10 bits per heavy atom. The molecule has 1 aromatic carbocycles. The number of amides is 1. The molecule has 1 saturated carbocycles. The van der Waals surface area contributed by atoms with Crippen molar-refractivity contribution < 1.29 is 4.79 Å². The third-order valence-electron chi connectivity index (χ3n) is 6.09. The molecule has 1 amide bonds. The maximum atomic E-state index is 13.1. The number of aryl methyl sites for hydroxylation is 1.